The molecular formula is C16H20Cl3N3OS. The summed E-state index contributed by atoms with van der Waals surface area (Å²) in [6.45, 7) is 2.34. The molecule has 24 heavy (non-hydrogen) atoms. The van der Waals surface area contributed by atoms with Gasteiger partial charge in [0.15, 0.2) is 0 Å². The number of hydrogen-bond acceptors (Lipinski definition) is 4. The second-order valence-corrected chi connectivity index (χ2v) is 7.03. The average molecular weight is 409 g/mol. The zero-order valence-electron chi connectivity index (χ0n) is 13.1. The number of hydrogen-bond donors (Lipinski definition) is 2. The van der Waals surface area contributed by atoms with Crippen molar-refractivity contribution in [2.24, 2.45) is 11.7 Å². The number of rotatable bonds is 5. The number of nitrogens with two attached hydrogens (primary N) is 1. The van der Waals surface area contributed by atoms with Gasteiger partial charge in [-0.3, -0.25) is 4.79 Å². The second-order valence-electron chi connectivity index (χ2n) is 5.59. The second kappa shape index (κ2) is 9.02. The summed E-state index contributed by atoms with van der Waals surface area (Å²) in [5.74, 6) is 0.468. The molecule has 1 saturated carbocycles. The highest BCUT2D eigenvalue weighted by Crippen LogP contribution is 2.33. The molecule has 132 valence electrons. The monoisotopic (exact) mass is 407 g/mol. The molecule has 1 aliphatic carbocycles. The van der Waals surface area contributed by atoms with E-state index in [1.54, 1.807) is 0 Å². The lowest BCUT2D eigenvalue weighted by Gasteiger charge is -2.15. The first-order chi connectivity index (χ1) is 10.6. The van der Waals surface area contributed by atoms with E-state index in [0.717, 1.165) is 29.1 Å². The van der Waals surface area contributed by atoms with Gasteiger partial charge >= 0.3 is 0 Å². The normalized spacial score (nSPS) is 14.3. The highest BCUT2D eigenvalue weighted by atomic mass is 35.5. The molecule has 0 bridgehead atoms. The fourth-order valence-electron chi connectivity index (χ4n) is 2.42. The Labute approximate surface area is 163 Å². The van der Waals surface area contributed by atoms with Crippen LogP contribution in [0.25, 0.3) is 10.6 Å². The van der Waals surface area contributed by atoms with E-state index in [-0.39, 0.29) is 36.8 Å². The van der Waals surface area contributed by atoms with Crippen LogP contribution in [0.2, 0.25) is 5.02 Å². The third kappa shape index (κ3) is 4.83. The van der Waals surface area contributed by atoms with E-state index >= 15 is 0 Å². The smallest absolute Gasteiger partial charge is 0.263 e. The molecule has 0 radical (unpaired) electrons. The van der Waals surface area contributed by atoms with Gasteiger partial charge in [0.05, 0.1) is 5.69 Å². The van der Waals surface area contributed by atoms with Crippen molar-refractivity contribution in [1.29, 1.82) is 0 Å². The largest absolute Gasteiger partial charge is 0.347 e. The van der Waals surface area contributed by atoms with Gasteiger partial charge in [-0.25, -0.2) is 4.98 Å². The highest BCUT2D eigenvalue weighted by Gasteiger charge is 2.32. The van der Waals surface area contributed by atoms with Gasteiger partial charge in [0.2, 0.25) is 0 Å². The summed E-state index contributed by atoms with van der Waals surface area (Å²) in [5.41, 5.74) is 7.46. The van der Waals surface area contributed by atoms with E-state index in [1.165, 1.54) is 11.3 Å². The maximum Gasteiger partial charge on any atom is 0.263 e. The molecule has 0 spiro atoms. The molecular weight excluding hydrogens is 389 g/mol. The molecule has 8 heteroatoms. The third-order valence-corrected chi connectivity index (χ3v) is 5.31. The summed E-state index contributed by atoms with van der Waals surface area (Å²) in [6, 6.07) is 7.55. The van der Waals surface area contributed by atoms with Crippen LogP contribution < -0.4 is 11.1 Å². The van der Waals surface area contributed by atoms with Gasteiger partial charge in [-0.1, -0.05) is 23.7 Å². The molecule has 2 aromatic rings. The molecule has 1 aromatic heterocycles. The summed E-state index contributed by atoms with van der Waals surface area (Å²) < 4.78 is 0. The Morgan fingerprint density at radius 2 is 2.00 bits per heavy atom. The molecule has 1 amide bonds. The number of halogens is 3. The van der Waals surface area contributed by atoms with Gasteiger partial charge in [0.25, 0.3) is 5.91 Å². The van der Waals surface area contributed by atoms with Gasteiger partial charge in [0.1, 0.15) is 9.88 Å². The first-order valence-corrected chi connectivity index (χ1v) is 8.52. The summed E-state index contributed by atoms with van der Waals surface area (Å²) in [4.78, 5) is 17.6. The standard InChI is InChI=1S/C16H18ClN3OS.2ClH/c1-9-14(15(21)20-13(8-18)10-2-3-10)22-16(19-9)11-4-6-12(17)7-5-11;;/h4-7,10,13H,2-3,8,18H2,1H3,(H,20,21);2*1H. The van der Waals surface area contributed by atoms with Crippen LogP contribution in [-0.2, 0) is 0 Å². The number of thiazole rings is 1. The first kappa shape index (κ1) is 21.2. The summed E-state index contributed by atoms with van der Waals surface area (Å²) in [6.07, 6.45) is 2.31. The lowest BCUT2D eigenvalue weighted by molar-refractivity contribution is 0.0937. The van der Waals surface area contributed by atoms with E-state index < -0.39 is 0 Å². The zero-order valence-corrected chi connectivity index (χ0v) is 16.3. The van der Waals surface area contributed by atoms with Gasteiger partial charge in [0, 0.05) is 23.2 Å². The Bertz CT molecular complexity index is 686. The lowest BCUT2D eigenvalue weighted by Crippen LogP contribution is -2.41. The van der Waals surface area contributed by atoms with E-state index in [0.29, 0.717) is 22.4 Å². The van der Waals surface area contributed by atoms with Crippen LogP contribution in [0.15, 0.2) is 24.3 Å². The predicted octanol–water partition coefficient (Wildman–Crippen LogP) is 4.08. The van der Waals surface area contributed by atoms with Gasteiger partial charge in [-0.05, 0) is 37.8 Å². The summed E-state index contributed by atoms with van der Waals surface area (Å²) in [5, 5.41) is 4.56. The minimum Gasteiger partial charge on any atom is -0.347 e. The van der Waals surface area contributed by atoms with Crippen molar-refractivity contribution < 1.29 is 4.79 Å². The molecule has 1 fully saturated rings. The minimum atomic E-state index is -0.0717. The number of nitrogens with zero attached hydrogens (tertiary/aromatic N) is 1. The van der Waals surface area contributed by atoms with E-state index in [4.69, 9.17) is 17.3 Å². The molecule has 1 aromatic carbocycles. The Morgan fingerprint density at radius 3 is 2.54 bits per heavy atom. The molecule has 3 rings (SSSR count). The fourth-order valence-corrected chi connectivity index (χ4v) is 3.53. The number of aromatic nitrogens is 1. The number of nitrogens with one attached hydrogen (secondary N) is 1. The lowest BCUT2D eigenvalue weighted by atomic mass is 10.2. The van der Waals surface area contributed by atoms with Crippen LogP contribution in [0.4, 0.5) is 0 Å². The maximum atomic E-state index is 12.4. The summed E-state index contributed by atoms with van der Waals surface area (Å²) >= 11 is 7.31. The molecule has 1 unspecified atom stereocenters. The van der Waals surface area contributed by atoms with Crippen molar-refractivity contribution in [3.05, 3.63) is 39.9 Å². The third-order valence-electron chi connectivity index (χ3n) is 3.86. The van der Waals surface area contributed by atoms with Crippen molar-refractivity contribution in [3.8, 4) is 10.6 Å². The number of carbonyl (C=O) groups excluding carboxylic acids is 1. The Kier molecular flexibility index (Phi) is 7.96. The Morgan fingerprint density at radius 1 is 1.38 bits per heavy atom. The topological polar surface area (TPSA) is 68.0 Å². The molecule has 1 aliphatic rings. The quantitative estimate of drug-likeness (QED) is 0.783. The van der Waals surface area contributed by atoms with Crippen molar-refractivity contribution in [2.75, 3.05) is 6.54 Å². The van der Waals surface area contributed by atoms with Gasteiger partial charge in [-0.15, -0.1) is 36.2 Å². The Hall–Kier alpha value is -0.850. The molecule has 1 atom stereocenters. The zero-order chi connectivity index (χ0) is 15.7. The fraction of sp³-hybridized carbons (Fsp3) is 0.375. The number of amides is 1. The van der Waals surface area contributed by atoms with Crippen LogP contribution in [0, 0.1) is 12.8 Å². The number of carbonyl (C=O) groups is 1. The SMILES string of the molecule is Cc1nc(-c2ccc(Cl)cc2)sc1C(=O)NC(CN)C1CC1.Cl.Cl. The maximum absolute atomic E-state index is 12.4. The highest BCUT2D eigenvalue weighted by molar-refractivity contribution is 7.17. The van der Waals surface area contributed by atoms with Crippen LogP contribution in [-0.4, -0.2) is 23.5 Å². The van der Waals surface area contributed by atoms with Crippen molar-refractivity contribution in [1.82, 2.24) is 10.3 Å². The van der Waals surface area contributed by atoms with Crippen LogP contribution in [0.5, 0.6) is 0 Å². The Balaban J connectivity index is 0.00000144. The van der Waals surface area contributed by atoms with Gasteiger partial charge in [-0.2, -0.15) is 0 Å². The molecule has 4 nitrogen and oxygen atoms in total. The van der Waals surface area contributed by atoms with Crippen LogP contribution in [0.3, 0.4) is 0 Å². The predicted molar refractivity (Wildman–Crippen MR) is 105 cm³/mol. The minimum absolute atomic E-state index is 0. The van der Waals surface area contributed by atoms with E-state index in [1.807, 2.05) is 31.2 Å². The van der Waals surface area contributed by atoms with Crippen LogP contribution in [0.1, 0.15) is 28.2 Å². The molecule has 0 aliphatic heterocycles. The van der Waals surface area contributed by atoms with Crippen molar-refractivity contribution in [2.45, 2.75) is 25.8 Å². The number of aryl methyl sites for hydroxylation is 1. The van der Waals surface area contributed by atoms with Crippen molar-refractivity contribution in [3.63, 3.8) is 0 Å². The first-order valence-electron chi connectivity index (χ1n) is 7.32. The van der Waals surface area contributed by atoms with E-state index in [9.17, 15) is 4.79 Å². The van der Waals surface area contributed by atoms with E-state index in [2.05, 4.69) is 10.3 Å². The van der Waals surface area contributed by atoms with Crippen LogP contribution >= 0.6 is 47.8 Å². The molecule has 3 N–H and O–H groups in total. The molecule has 1 heterocycles. The van der Waals surface area contributed by atoms with Gasteiger partial charge < -0.3 is 11.1 Å². The average Bonchev–Trinajstić information content (AvgIpc) is 3.27. The van der Waals surface area contributed by atoms with Crippen molar-refractivity contribution >= 4 is 53.7 Å². The molecule has 0 saturated heterocycles. The summed E-state index contributed by atoms with van der Waals surface area (Å²) in [7, 11) is 0. The number of benzene rings is 1.